The SMILES string of the molecule is CCOC(=O)c1ccc(S(=O)(=O)N2CCCC2C(=O)NCCc2ccc(OC(F)F)cc2)o1. The zero-order valence-corrected chi connectivity index (χ0v) is 18.6. The van der Waals surface area contributed by atoms with Gasteiger partial charge in [0.15, 0.2) is 0 Å². The number of ether oxygens (including phenoxy) is 2. The number of amides is 1. The summed E-state index contributed by atoms with van der Waals surface area (Å²) in [4.78, 5) is 24.4. The van der Waals surface area contributed by atoms with Crippen molar-refractivity contribution in [2.75, 3.05) is 19.7 Å². The van der Waals surface area contributed by atoms with Gasteiger partial charge in [0.05, 0.1) is 6.61 Å². The molecule has 1 aliphatic rings. The molecule has 2 aromatic rings. The van der Waals surface area contributed by atoms with Crippen LogP contribution in [0.4, 0.5) is 8.78 Å². The maximum absolute atomic E-state index is 13.0. The molecular formula is C21H24F2N2O7S. The van der Waals surface area contributed by atoms with Crippen LogP contribution in [-0.4, -0.2) is 56.9 Å². The minimum absolute atomic E-state index is 0.0358. The van der Waals surface area contributed by atoms with Crippen molar-refractivity contribution >= 4 is 21.9 Å². The summed E-state index contributed by atoms with van der Waals surface area (Å²) in [7, 11) is -4.13. The van der Waals surface area contributed by atoms with E-state index in [1.807, 2.05) is 0 Å². The van der Waals surface area contributed by atoms with Gasteiger partial charge in [0.2, 0.25) is 16.8 Å². The quantitative estimate of drug-likeness (QED) is 0.513. The molecular weight excluding hydrogens is 462 g/mol. The van der Waals surface area contributed by atoms with Crippen LogP contribution >= 0.6 is 0 Å². The Labute approximate surface area is 189 Å². The largest absolute Gasteiger partial charge is 0.460 e. The number of rotatable bonds is 10. The standard InChI is InChI=1S/C21H24F2N2O7S/c1-2-30-20(27)17-9-10-18(32-17)33(28,29)25-13-3-4-16(25)19(26)24-12-11-14-5-7-15(8-6-14)31-21(22)23/h5-10,16,21H,2-4,11-13H2,1H3,(H,24,26). The van der Waals surface area contributed by atoms with Gasteiger partial charge in [-0.2, -0.15) is 13.1 Å². The minimum Gasteiger partial charge on any atom is -0.460 e. The summed E-state index contributed by atoms with van der Waals surface area (Å²) in [5.74, 6) is -1.43. The molecule has 9 nitrogen and oxygen atoms in total. The van der Waals surface area contributed by atoms with Crippen molar-refractivity contribution in [1.29, 1.82) is 0 Å². The average molecular weight is 486 g/mol. The number of carbonyl (C=O) groups is 2. The lowest BCUT2D eigenvalue weighted by atomic mass is 10.1. The van der Waals surface area contributed by atoms with Gasteiger partial charge in [-0.1, -0.05) is 12.1 Å². The molecule has 1 aromatic carbocycles. The monoisotopic (exact) mass is 486 g/mol. The summed E-state index contributed by atoms with van der Waals surface area (Å²) in [5.41, 5.74) is 0.787. The Balaban J connectivity index is 1.59. The number of sulfonamides is 1. The Morgan fingerprint density at radius 2 is 1.94 bits per heavy atom. The van der Waals surface area contributed by atoms with E-state index in [1.54, 1.807) is 19.1 Å². The van der Waals surface area contributed by atoms with E-state index in [0.29, 0.717) is 19.3 Å². The van der Waals surface area contributed by atoms with Crippen molar-refractivity contribution < 1.29 is 40.7 Å². The lowest BCUT2D eigenvalue weighted by Crippen LogP contribution is -2.46. The first-order valence-electron chi connectivity index (χ1n) is 10.3. The first kappa shape index (κ1) is 24.6. The van der Waals surface area contributed by atoms with Crippen molar-refractivity contribution in [2.24, 2.45) is 0 Å². The fourth-order valence-corrected chi connectivity index (χ4v) is 5.03. The van der Waals surface area contributed by atoms with Gasteiger partial charge < -0.3 is 19.2 Å². The van der Waals surface area contributed by atoms with Crippen LogP contribution in [0.1, 0.15) is 35.9 Å². The Morgan fingerprint density at radius 3 is 2.61 bits per heavy atom. The highest BCUT2D eigenvalue weighted by atomic mass is 32.2. The Hall–Kier alpha value is -2.99. The summed E-state index contributed by atoms with van der Waals surface area (Å²) < 4.78 is 65.7. The molecule has 0 bridgehead atoms. The Kier molecular flexibility index (Phi) is 8.03. The predicted molar refractivity (Wildman–Crippen MR) is 111 cm³/mol. The Bertz CT molecular complexity index is 1070. The molecule has 33 heavy (non-hydrogen) atoms. The van der Waals surface area contributed by atoms with Crippen LogP contribution in [0.2, 0.25) is 0 Å². The lowest BCUT2D eigenvalue weighted by molar-refractivity contribution is -0.124. The van der Waals surface area contributed by atoms with Crippen LogP contribution in [0.3, 0.4) is 0 Å². The highest BCUT2D eigenvalue weighted by molar-refractivity contribution is 7.89. The summed E-state index contributed by atoms with van der Waals surface area (Å²) >= 11 is 0. The molecule has 1 atom stereocenters. The molecule has 1 fully saturated rings. The molecule has 12 heteroatoms. The molecule has 180 valence electrons. The molecule has 0 saturated carbocycles. The van der Waals surface area contributed by atoms with Gasteiger partial charge >= 0.3 is 12.6 Å². The van der Waals surface area contributed by atoms with Crippen molar-refractivity contribution in [1.82, 2.24) is 9.62 Å². The molecule has 3 rings (SSSR count). The molecule has 1 N–H and O–H groups in total. The maximum atomic E-state index is 13.0. The third kappa shape index (κ3) is 6.08. The third-order valence-corrected chi connectivity index (χ3v) is 6.77. The highest BCUT2D eigenvalue weighted by Gasteiger charge is 2.41. The van der Waals surface area contributed by atoms with Crippen molar-refractivity contribution in [3.8, 4) is 5.75 Å². The number of halogens is 2. The van der Waals surface area contributed by atoms with Crippen LogP contribution in [0, 0.1) is 0 Å². The van der Waals surface area contributed by atoms with E-state index in [-0.39, 0.29) is 31.2 Å². The second-order valence-corrected chi connectivity index (χ2v) is 9.00. The topological polar surface area (TPSA) is 115 Å². The van der Waals surface area contributed by atoms with Gasteiger partial charge in [-0.15, -0.1) is 0 Å². The molecule has 1 amide bonds. The van der Waals surface area contributed by atoms with Crippen LogP contribution < -0.4 is 10.1 Å². The molecule has 1 aliphatic heterocycles. The molecule has 0 radical (unpaired) electrons. The van der Waals surface area contributed by atoms with Crippen LogP contribution in [0.25, 0.3) is 0 Å². The van der Waals surface area contributed by atoms with Gasteiger partial charge in [0, 0.05) is 13.1 Å². The summed E-state index contributed by atoms with van der Waals surface area (Å²) in [6.45, 7) is -0.807. The predicted octanol–water partition coefficient (Wildman–Crippen LogP) is 2.57. The molecule has 1 unspecified atom stereocenters. The normalized spacial score (nSPS) is 16.7. The second kappa shape index (κ2) is 10.8. The van der Waals surface area contributed by atoms with Gasteiger partial charge in [0.25, 0.3) is 10.0 Å². The summed E-state index contributed by atoms with van der Waals surface area (Å²) in [6, 6.07) is 7.49. The maximum Gasteiger partial charge on any atom is 0.387 e. The smallest absolute Gasteiger partial charge is 0.387 e. The van der Waals surface area contributed by atoms with Crippen LogP contribution in [-0.2, 0) is 26.0 Å². The van der Waals surface area contributed by atoms with E-state index in [2.05, 4.69) is 10.1 Å². The lowest BCUT2D eigenvalue weighted by Gasteiger charge is -2.22. The van der Waals surface area contributed by atoms with E-state index in [1.165, 1.54) is 18.2 Å². The first-order valence-corrected chi connectivity index (χ1v) is 11.8. The van der Waals surface area contributed by atoms with Crippen molar-refractivity contribution in [3.63, 3.8) is 0 Å². The van der Waals surface area contributed by atoms with Gasteiger partial charge in [0.1, 0.15) is 11.8 Å². The molecule has 0 spiro atoms. The van der Waals surface area contributed by atoms with E-state index in [4.69, 9.17) is 9.15 Å². The van der Waals surface area contributed by atoms with E-state index < -0.39 is 39.6 Å². The molecule has 1 aromatic heterocycles. The zero-order valence-electron chi connectivity index (χ0n) is 17.8. The second-order valence-electron chi connectivity index (χ2n) is 7.18. The average Bonchev–Trinajstić information content (AvgIpc) is 3.45. The summed E-state index contributed by atoms with van der Waals surface area (Å²) in [5, 5.41) is 2.28. The number of nitrogens with one attached hydrogen (secondary N) is 1. The molecule has 1 saturated heterocycles. The number of hydrogen-bond donors (Lipinski definition) is 1. The fraction of sp³-hybridized carbons (Fsp3) is 0.429. The van der Waals surface area contributed by atoms with E-state index in [9.17, 15) is 26.8 Å². The van der Waals surface area contributed by atoms with Crippen molar-refractivity contribution in [3.05, 3.63) is 47.7 Å². The Morgan fingerprint density at radius 1 is 1.21 bits per heavy atom. The molecule has 0 aliphatic carbocycles. The van der Waals surface area contributed by atoms with E-state index >= 15 is 0 Å². The minimum atomic E-state index is -4.13. The number of carbonyl (C=O) groups excluding carboxylic acids is 2. The number of hydrogen-bond acceptors (Lipinski definition) is 7. The van der Waals surface area contributed by atoms with Gasteiger partial charge in [-0.25, -0.2) is 13.2 Å². The fourth-order valence-electron chi connectivity index (χ4n) is 3.46. The molecule has 2 heterocycles. The first-order chi connectivity index (χ1) is 15.7. The van der Waals surface area contributed by atoms with Crippen LogP contribution in [0.15, 0.2) is 45.9 Å². The van der Waals surface area contributed by atoms with E-state index in [0.717, 1.165) is 15.9 Å². The number of esters is 1. The number of furan rings is 1. The summed E-state index contributed by atoms with van der Waals surface area (Å²) in [6.07, 6.45) is 1.26. The number of benzene rings is 1. The number of alkyl halides is 2. The van der Waals surface area contributed by atoms with Crippen LogP contribution in [0.5, 0.6) is 5.75 Å². The van der Waals surface area contributed by atoms with Crippen molar-refractivity contribution in [2.45, 2.75) is 43.9 Å². The third-order valence-electron chi connectivity index (χ3n) is 4.99. The van der Waals surface area contributed by atoms with Gasteiger partial charge in [-0.05, 0) is 56.0 Å². The zero-order chi connectivity index (χ0) is 24.0. The van der Waals surface area contributed by atoms with Gasteiger partial charge in [-0.3, -0.25) is 4.79 Å². The number of nitrogens with zero attached hydrogens (tertiary/aromatic N) is 1. The highest BCUT2D eigenvalue weighted by Crippen LogP contribution is 2.27.